The average molecular weight is 264 g/mol. The lowest BCUT2D eigenvalue weighted by Crippen LogP contribution is -2.14. The van der Waals surface area contributed by atoms with E-state index in [1.54, 1.807) is 13.0 Å². The molecule has 0 saturated carbocycles. The Morgan fingerprint density at radius 1 is 1.37 bits per heavy atom. The lowest BCUT2D eigenvalue weighted by molar-refractivity contribution is 0.129. The van der Waals surface area contributed by atoms with E-state index in [1.165, 1.54) is 12.1 Å². The highest BCUT2D eigenvalue weighted by atomic mass is 19.1. The first kappa shape index (κ1) is 13.7. The summed E-state index contributed by atoms with van der Waals surface area (Å²) in [6.45, 7) is 5.51. The van der Waals surface area contributed by atoms with Gasteiger partial charge in [-0.05, 0) is 37.1 Å². The number of halogens is 1. The summed E-state index contributed by atoms with van der Waals surface area (Å²) >= 11 is 0. The van der Waals surface area contributed by atoms with Crippen molar-refractivity contribution in [1.82, 2.24) is 10.1 Å². The van der Waals surface area contributed by atoms with Crippen LogP contribution in [0.1, 0.15) is 37.6 Å². The molecule has 4 nitrogen and oxygen atoms in total. The maximum Gasteiger partial charge on any atom is 0.232 e. The van der Waals surface area contributed by atoms with E-state index < -0.39 is 6.10 Å². The quantitative estimate of drug-likeness (QED) is 0.922. The summed E-state index contributed by atoms with van der Waals surface area (Å²) in [5.41, 5.74) is 1.37. The van der Waals surface area contributed by atoms with Crippen LogP contribution in [-0.2, 0) is 0 Å². The van der Waals surface area contributed by atoms with Gasteiger partial charge in [0, 0.05) is 5.56 Å². The zero-order chi connectivity index (χ0) is 14.0. The monoisotopic (exact) mass is 264 g/mol. The Kier molecular flexibility index (Phi) is 3.95. The van der Waals surface area contributed by atoms with Crippen LogP contribution in [0.5, 0.6) is 0 Å². The zero-order valence-electron chi connectivity index (χ0n) is 11.2. The van der Waals surface area contributed by atoms with Crippen molar-refractivity contribution in [3.05, 3.63) is 35.5 Å². The van der Waals surface area contributed by atoms with Crippen molar-refractivity contribution in [2.24, 2.45) is 0 Å². The summed E-state index contributed by atoms with van der Waals surface area (Å²) in [7, 11) is 0. The molecule has 0 saturated heterocycles. The largest absolute Gasteiger partial charge is 0.392 e. The summed E-state index contributed by atoms with van der Waals surface area (Å²) in [6, 6.07) is 4.59. The van der Waals surface area contributed by atoms with E-state index in [2.05, 4.69) is 10.1 Å². The van der Waals surface area contributed by atoms with Gasteiger partial charge in [-0.1, -0.05) is 19.0 Å². The van der Waals surface area contributed by atoms with Crippen LogP contribution < -0.4 is 0 Å². The van der Waals surface area contributed by atoms with Gasteiger partial charge in [0.25, 0.3) is 0 Å². The minimum atomic E-state index is -0.525. The maximum absolute atomic E-state index is 13.3. The van der Waals surface area contributed by atoms with Crippen molar-refractivity contribution in [2.45, 2.75) is 39.2 Å². The molecule has 0 spiro atoms. The first-order chi connectivity index (χ1) is 9.01. The van der Waals surface area contributed by atoms with Gasteiger partial charge in [-0.3, -0.25) is 0 Å². The summed E-state index contributed by atoms with van der Waals surface area (Å²) in [5, 5.41) is 13.6. The lowest BCUT2D eigenvalue weighted by Gasteiger charge is -2.11. The van der Waals surface area contributed by atoms with Crippen LogP contribution in [0.4, 0.5) is 4.39 Å². The Labute approximate surface area is 111 Å². The van der Waals surface area contributed by atoms with E-state index in [0.29, 0.717) is 23.7 Å². The molecule has 2 unspecified atom stereocenters. The molecule has 1 aromatic heterocycles. The van der Waals surface area contributed by atoms with Crippen LogP contribution in [0, 0.1) is 12.7 Å². The first-order valence-electron chi connectivity index (χ1n) is 6.30. The average Bonchev–Trinajstić information content (AvgIpc) is 2.85. The third kappa shape index (κ3) is 2.98. The minimum absolute atomic E-state index is 0.235. The number of hydrogen-bond donors (Lipinski definition) is 1. The predicted molar refractivity (Wildman–Crippen MR) is 69.1 cm³/mol. The van der Waals surface area contributed by atoms with Gasteiger partial charge in [-0.15, -0.1) is 0 Å². The molecule has 1 heterocycles. The van der Waals surface area contributed by atoms with Crippen molar-refractivity contribution >= 4 is 0 Å². The molecule has 102 valence electrons. The van der Waals surface area contributed by atoms with Gasteiger partial charge in [0.1, 0.15) is 5.82 Å². The topological polar surface area (TPSA) is 59.2 Å². The highest BCUT2D eigenvalue weighted by Gasteiger charge is 2.21. The van der Waals surface area contributed by atoms with E-state index in [1.807, 2.05) is 13.8 Å². The fourth-order valence-electron chi connectivity index (χ4n) is 1.92. The van der Waals surface area contributed by atoms with E-state index in [-0.39, 0.29) is 11.7 Å². The van der Waals surface area contributed by atoms with Crippen molar-refractivity contribution in [2.75, 3.05) is 0 Å². The number of nitrogens with zero attached hydrogens (tertiary/aromatic N) is 2. The maximum atomic E-state index is 13.3. The Bertz CT molecular complexity index is 548. The van der Waals surface area contributed by atoms with Crippen LogP contribution >= 0.6 is 0 Å². The van der Waals surface area contributed by atoms with Gasteiger partial charge in [0.2, 0.25) is 11.7 Å². The molecule has 0 aliphatic heterocycles. The highest BCUT2D eigenvalue weighted by Crippen LogP contribution is 2.24. The Morgan fingerprint density at radius 2 is 2.11 bits per heavy atom. The van der Waals surface area contributed by atoms with E-state index in [0.717, 1.165) is 5.56 Å². The van der Waals surface area contributed by atoms with Crippen LogP contribution in [0.2, 0.25) is 0 Å². The van der Waals surface area contributed by atoms with Gasteiger partial charge in [-0.2, -0.15) is 4.98 Å². The molecule has 19 heavy (non-hydrogen) atoms. The second-order valence-electron chi connectivity index (χ2n) is 4.74. The highest BCUT2D eigenvalue weighted by molar-refractivity contribution is 5.55. The predicted octanol–water partition coefficient (Wildman–Crippen LogP) is 3.06. The third-order valence-corrected chi connectivity index (χ3v) is 3.13. The molecule has 5 heteroatoms. The summed E-state index contributed by atoms with van der Waals surface area (Å²) in [6.07, 6.45) is 0.0837. The second kappa shape index (κ2) is 5.48. The number of rotatable bonds is 4. The Balaban J connectivity index is 2.30. The van der Waals surface area contributed by atoms with Gasteiger partial charge >= 0.3 is 0 Å². The molecular weight excluding hydrogens is 247 g/mol. The normalized spacial score (nSPS) is 14.4. The number of aliphatic hydroxyl groups excluding tert-OH is 1. The smallest absolute Gasteiger partial charge is 0.232 e. The number of aliphatic hydroxyl groups is 1. The van der Waals surface area contributed by atoms with Crippen LogP contribution in [0.3, 0.4) is 0 Å². The number of aryl methyl sites for hydroxylation is 1. The van der Waals surface area contributed by atoms with E-state index in [9.17, 15) is 9.50 Å². The van der Waals surface area contributed by atoms with Crippen LogP contribution in [-0.4, -0.2) is 21.4 Å². The molecule has 0 amide bonds. The summed E-state index contributed by atoms with van der Waals surface area (Å²) in [4.78, 5) is 4.23. The molecular formula is C14H17FN2O2. The minimum Gasteiger partial charge on any atom is -0.392 e. The lowest BCUT2D eigenvalue weighted by atomic mass is 10.0. The Hall–Kier alpha value is -1.75. The third-order valence-electron chi connectivity index (χ3n) is 3.13. The van der Waals surface area contributed by atoms with Crippen molar-refractivity contribution in [1.29, 1.82) is 0 Å². The standard InChI is InChI=1S/C14H17FN2O2/c1-4-12(18)9(3)14-16-13(17-19-14)10-5-8(2)6-11(15)7-10/h5-7,9,12,18H,4H2,1-3H3. The fraction of sp³-hybridized carbons (Fsp3) is 0.429. The fourth-order valence-corrected chi connectivity index (χ4v) is 1.92. The van der Waals surface area contributed by atoms with Crippen LogP contribution in [0.15, 0.2) is 22.7 Å². The van der Waals surface area contributed by atoms with Gasteiger partial charge in [-0.25, -0.2) is 4.39 Å². The zero-order valence-corrected chi connectivity index (χ0v) is 11.2. The Morgan fingerprint density at radius 3 is 2.74 bits per heavy atom. The van der Waals surface area contributed by atoms with Gasteiger partial charge in [0.15, 0.2) is 0 Å². The molecule has 0 aliphatic rings. The molecule has 0 radical (unpaired) electrons. The molecule has 2 rings (SSSR count). The molecule has 0 bridgehead atoms. The number of benzene rings is 1. The molecule has 2 atom stereocenters. The van der Waals surface area contributed by atoms with Crippen molar-refractivity contribution in [3.63, 3.8) is 0 Å². The number of aromatic nitrogens is 2. The van der Waals surface area contributed by atoms with Gasteiger partial charge in [0.05, 0.1) is 12.0 Å². The molecule has 2 aromatic rings. The summed E-state index contributed by atoms with van der Waals surface area (Å²) in [5.74, 6) is 0.142. The van der Waals surface area contributed by atoms with Gasteiger partial charge < -0.3 is 9.63 Å². The molecule has 1 N–H and O–H groups in total. The van der Waals surface area contributed by atoms with E-state index >= 15 is 0 Å². The summed E-state index contributed by atoms with van der Waals surface area (Å²) < 4.78 is 18.5. The molecule has 0 fully saturated rings. The first-order valence-corrected chi connectivity index (χ1v) is 6.30. The van der Waals surface area contributed by atoms with E-state index in [4.69, 9.17) is 4.52 Å². The second-order valence-corrected chi connectivity index (χ2v) is 4.74. The SMILES string of the molecule is CCC(O)C(C)c1nc(-c2cc(C)cc(F)c2)no1. The van der Waals surface area contributed by atoms with Crippen molar-refractivity contribution in [3.8, 4) is 11.4 Å². The van der Waals surface area contributed by atoms with Crippen LogP contribution in [0.25, 0.3) is 11.4 Å². The number of hydrogen-bond acceptors (Lipinski definition) is 4. The molecule has 1 aromatic carbocycles. The molecule has 0 aliphatic carbocycles. The van der Waals surface area contributed by atoms with Crippen molar-refractivity contribution < 1.29 is 14.0 Å².